The Labute approximate surface area is 143 Å². The summed E-state index contributed by atoms with van der Waals surface area (Å²) in [5, 5.41) is 3.00. The van der Waals surface area contributed by atoms with Crippen LogP contribution in [0, 0.1) is 5.92 Å². The predicted octanol–water partition coefficient (Wildman–Crippen LogP) is 4.22. The summed E-state index contributed by atoms with van der Waals surface area (Å²) in [5.41, 5.74) is 1.65. The molecule has 0 fully saturated rings. The molecule has 0 heterocycles. The summed E-state index contributed by atoms with van der Waals surface area (Å²) in [5.74, 6) is 1.95. The maximum atomic E-state index is 12.4. The third kappa shape index (κ3) is 5.01. The first-order chi connectivity index (χ1) is 11.5. The van der Waals surface area contributed by atoms with Crippen LogP contribution in [-0.4, -0.2) is 19.6 Å². The van der Waals surface area contributed by atoms with E-state index in [2.05, 4.69) is 19.2 Å². The van der Waals surface area contributed by atoms with Crippen LogP contribution in [0.3, 0.4) is 0 Å². The van der Waals surface area contributed by atoms with Crippen molar-refractivity contribution in [3.63, 3.8) is 0 Å². The van der Waals surface area contributed by atoms with E-state index in [0.29, 0.717) is 18.1 Å². The standard InChI is InChI=1S/C20H25NO3/c1-14(2)13-24-19-11-7-17(8-12-19)20(22)21-15(3)16-5-9-18(23-4)10-6-16/h5-12,14-15H,13H2,1-4H3,(H,21,22). The van der Waals surface area contributed by atoms with Crippen molar-refractivity contribution in [2.75, 3.05) is 13.7 Å². The topological polar surface area (TPSA) is 47.6 Å². The van der Waals surface area contributed by atoms with Gasteiger partial charge in [-0.15, -0.1) is 0 Å². The molecule has 1 N–H and O–H groups in total. The van der Waals surface area contributed by atoms with Crippen molar-refractivity contribution in [2.24, 2.45) is 5.92 Å². The van der Waals surface area contributed by atoms with E-state index in [1.54, 1.807) is 19.2 Å². The third-order valence-corrected chi connectivity index (χ3v) is 3.66. The van der Waals surface area contributed by atoms with Gasteiger partial charge < -0.3 is 14.8 Å². The Morgan fingerprint density at radius 1 is 0.958 bits per heavy atom. The summed E-state index contributed by atoms with van der Waals surface area (Å²) in [6, 6.07) is 14.8. The van der Waals surface area contributed by atoms with E-state index in [4.69, 9.17) is 9.47 Å². The Kier molecular flexibility index (Phi) is 6.24. The summed E-state index contributed by atoms with van der Waals surface area (Å²) in [6.45, 7) is 6.82. The van der Waals surface area contributed by atoms with Crippen LogP contribution in [0.15, 0.2) is 48.5 Å². The first kappa shape index (κ1) is 17.9. The average Bonchev–Trinajstić information content (AvgIpc) is 2.60. The van der Waals surface area contributed by atoms with E-state index in [1.807, 2.05) is 43.3 Å². The van der Waals surface area contributed by atoms with Gasteiger partial charge in [0.2, 0.25) is 0 Å². The van der Waals surface area contributed by atoms with Crippen LogP contribution < -0.4 is 14.8 Å². The smallest absolute Gasteiger partial charge is 0.251 e. The molecule has 2 aromatic rings. The largest absolute Gasteiger partial charge is 0.497 e. The molecule has 0 saturated carbocycles. The molecule has 0 spiro atoms. The molecule has 0 aliphatic carbocycles. The number of nitrogens with one attached hydrogen (secondary N) is 1. The third-order valence-electron chi connectivity index (χ3n) is 3.66. The van der Waals surface area contributed by atoms with Gasteiger partial charge in [0.1, 0.15) is 11.5 Å². The first-order valence-electron chi connectivity index (χ1n) is 8.17. The van der Waals surface area contributed by atoms with E-state index >= 15 is 0 Å². The molecule has 24 heavy (non-hydrogen) atoms. The number of ether oxygens (including phenoxy) is 2. The van der Waals surface area contributed by atoms with Crippen molar-refractivity contribution < 1.29 is 14.3 Å². The predicted molar refractivity (Wildman–Crippen MR) is 95.7 cm³/mol. The summed E-state index contributed by atoms with van der Waals surface area (Å²) in [6.07, 6.45) is 0. The molecule has 4 heteroatoms. The highest BCUT2D eigenvalue weighted by Gasteiger charge is 2.11. The lowest BCUT2D eigenvalue weighted by molar-refractivity contribution is 0.0940. The number of carbonyl (C=O) groups is 1. The highest BCUT2D eigenvalue weighted by atomic mass is 16.5. The van der Waals surface area contributed by atoms with Crippen LogP contribution in [0.4, 0.5) is 0 Å². The van der Waals surface area contributed by atoms with Crippen LogP contribution in [0.2, 0.25) is 0 Å². The lowest BCUT2D eigenvalue weighted by Crippen LogP contribution is -2.26. The fourth-order valence-corrected chi connectivity index (χ4v) is 2.22. The van der Waals surface area contributed by atoms with E-state index in [0.717, 1.165) is 17.1 Å². The molecule has 0 saturated heterocycles. The van der Waals surface area contributed by atoms with Gasteiger partial charge in [0.05, 0.1) is 19.8 Å². The van der Waals surface area contributed by atoms with Crippen molar-refractivity contribution in [3.05, 3.63) is 59.7 Å². The Morgan fingerprint density at radius 3 is 2.08 bits per heavy atom. The zero-order valence-electron chi connectivity index (χ0n) is 14.7. The number of carbonyl (C=O) groups excluding carboxylic acids is 1. The van der Waals surface area contributed by atoms with E-state index < -0.39 is 0 Å². The van der Waals surface area contributed by atoms with Crippen molar-refractivity contribution in [3.8, 4) is 11.5 Å². The normalized spacial score (nSPS) is 11.9. The SMILES string of the molecule is COc1ccc(C(C)NC(=O)c2ccc(OCC(C)C)cc2)cc1. The fourth-order valence-electron chi connectivity index (χ4n) is 2.22. The number of amides is 1. The molecule has 4 nitrogen and oxygen atoms in total. The monoisotopic (exact) mass is 327 g/mol. The second-order valence-electron chi connectivity index (χ2n) is 6.20. The highest BCUT2D eigenvalue weighted by molar-refractivity contribution is 5.94. The Balaban J connectivity index is 1.95. The second-order valence-corrected chi connectivity index (χ2v) is 6.20. The summed E-state index contributed by atoms with van der Waals surface area (Å²) in [7, 11) is 1.63. The van der Waals surface area contributed by atoms with Crippen LogP contribution in [0.5, 0.6) is 11.5 Å². The maximum Gasteiger partial charge on any atom is 0.251 e. The maximum absolute atomic E-state index is 12.4. The number of methoxy groups -OCH3 is 1. The van der Waals surface area contributed by atoms with Gasteiger partial charge in [-0.2, -0.15) is 0 Å². The Bertz CT molecular complexity index is 648. The zero-order chi connectivity index (χ0) is 17.5. The average molecular weight is 327 g/mol. The van der Waals surface area contributed by atoms with Crippen LogP contribution in [0.25, 0.3) is 0 Å². The number of benzene rings is 2. The number of hydrogen-bond donors (Lipinski definition) is 1. The second kappa shape index (κ2) is 8.39. The molecule has 0 bridgehead atoms. The molecule has 2 aromatic carbocycles. The lowest BCUT2D eigenvalue weighted by atomic mass is 10.1. The molecule has 1 amide bonds. The van der Waals surface area contributed by atoms with Gasteiger partial charge in [-0.25, -0.2) is 0 Å². The van der Waals surface area contributed by atoms with E-state index in [-0.39, 0.29) is 11.9 Å². The number of rotatable bonds is 7. The van der Waals surface area contributed by atoms with E-state index in [9.17, 15) is 4.79 Å². The van der Waals surface area contributed by atoms with Crippen molar-refractivity contribution in [1.29, 1.82) is 0 Å². The molecule has 2 rings (SSSR count). The van der Waals surface area contributed by atoms with Gasteiger partial charge in [-0.3, -0.25) is 4.79 Å². The number of hydrogen-bond acceptors (Lipinski definition) is 3. The van der Waals surface area contributed by atoms with Crippen LogP contribution in [-0.2, 0) is 0 Å². The lowest BCUT2D eigenvalue weighted by Gasteiger charge is -2.15. The highest BCUT2D eigenvalue weighted by Crippen LogP contribution is 2.18. The minimum Gasteiger partial charge on any atom is -0.497 e. The Morgan fingerprint density at radius 2 is 1.54 bits per heavy atom. The van der Waals surface area contributed by atoms with E-state index in [1.165, 1.54) is 0 Å². The van der Waals surface area contributed by atoms with Crippen molar-refractivity contribution >= 4 is 5.91 Å². The quantitative estimate of drug-likeness (QED) is 0.828. The molecule has 0 aromatic heterocycles. The van der Waals surface area contributed by atoms with Gasteiger partial charge in [0.25, 0.3) is 5.91 Å². The van der Waals surface area contributed by atoms with Crippen LogP contribution in [0.1, 0.15) is 42.7 Å². The summed E-state index contributed by atoms with van der Waals surface area (Å²) >= 11 is 0. The molecule has 128 valence electrons. The molecular formula is C20H25NO3. The molecule has 0 aliphatic rings. The van der Waals surface area contributed by atoms with Gasteiger partial charge >= 0.3 is 0 Å². The van der Waals surface area contributed by atoms with Gasteiger partial charge in [0, 0.05) is 5.56 Å². The van der Waals surface area contributed by atoms with Gasteiger partial charge in [-0.1, -0.05) is 26.0 Å². The molecular weight excluding hydrogens is 302 g/mol. The van der Waals surface area contributed by atoms with Crippen LogP contribution >= 0.6 is 0 Å². The fraction of sp³-hybridized carbons (Fsp3) is 0.350. The Hall–Kier alpha value is -2.49. The van der Waals surface area contributed by atoms with Gasteiger partial charge in [0.15, 0.2) is 0 Å². The van der Waals surface area contributed by atoms with Crippen molar-refractivity contribution in [2.45, 2.75) is 26.8 Å². The molecule has 0 radical (unpaired) electrons. The first-order valence-corrected chi connectivity index (χ1v) is 8.17. The molecule has 1 unspecified atom stereocenters. The minimum atomic E-state index is -0.103. The van der Waals surface area contributed by atoms with Gasteiger partial charge in [-0.05, 0) is 54.8 Å². The van der Waals surface area contributed by atoms with Crippen molar-refractivity contribution in [1.82, 2.24) is 5.32 Å². The summed E-state index contributed by atoms with van der Waals surface area (Å²) < 4.78 is 10.8. The molecule has 0 aliphatic heterocycles. The summed E-state index contributed by atoms with van der Waals surface area (Å²) in [4.78, 5) is 12.4. The minimum absolute atomic E-state index is 0.0831. The zero-order valence-corrected chi connectivity index (χ0v) is 14.7. The molecule has 1 atom stereocenters.